The highest BCUT2D eigenvalue weighted by Gasteiger charge is 2.62. The average molecular weight is 1720 g/mol. The lowest BCUT2D eigenvalue weighted by atomic mass is 9.63. The first-order chi connectivity index (χ1) is 66.3. The van der Waals surface area contributed by atoms with Gasteiger partial charge in [-0.2, -0.15) is 0 Å². The molecule has 0 N–H and O–H groups in total. The Labute approximate surface area is 791 Å². The molecule has 6 heteroatoms. The van der Waals surface area contributed by atoms with Gasteiger partial charge in [0, 0.05) is 135 Å². The van der Waals surface area contributed by atoms with Crippen molar-refractivity contribution in [3.63, 3.8) is 0 Å². The van der Waals surface area contributed by atoms with Gasteiger partial charge in [0.1, 0.15) is 42.3 Å². The first-order valence-electron chi connectivity index (χ1n) is 55.1. The molecule has 6 nitrogen and oxygen atoms in total. The fraction of sp³-hybridized carbons (Fsp3) is 0.459. The third-order valence-corrected chi connectivity index (χ3v) is 33.6. The summed E-state index contributed by atoms with van der Waals surface area (Å²) in [6, 6.07) is 49.7. The van der Waals surface area contributed by atoms with E-state index >= 15 is 0 Å². The number of rotatable bonds is 6. The molecule has 0 amide bonds. The summed E-state index contributed by atoms with van der Waals surface area (Å²) >= 11 is 0. The van der Waals surface area contributed by atoms with Crippen LogP contribution in [0.2, 0.25) is 0 Å². The molecule has 662 valence electrons. The summed E-state index contributed by atoms with van der Waals surface area (Å²) in [6.45, 7) is 36.3. The molecule has 6 aromatic carbocycles. The van der Waals surface area contributed by atoms with Gasteiger partial charge in [0.15, 0.2) is 37.2 Å². The van der Waals surface area contributed by atoms with Gasteiger partial charge in [-0.05, 0) is 345 Å². The fourth-order valence-electron chi connectivity index (χ4n) is 25.8. The van der Waals surface area contributed by atoms with E-state index in [4.69, 9.17) is 19.2 Å². The van der Waals surface area contributed by atoms with E-state index in [9.17, 15) is 1.37 Å². The molecule has 12 aliphatic carbocycles. The van der Waals surface area contributed by atoms with Crippen LogP contribution in [0.15, 0.2) is 183 Å². The molecule has 0 spiro atoms. The number of pyridine rings is 6. The lowest BCUT2D eigenvalue weighted by Crippen LogP contribution is -2.37. The summed E-state index contributed by atoms with van der Waals surface area (Å²) < 4.78 is 134. The number of nitrogens with zero attached hydrogens (tertiary/aromatic N) is 6. The Balaban J connectivity index is 0.000000113. The normalized spacial score (nSPS) is 28.5. The third kappa shape index (κ3) is 15.2. The molecular weight excluding hydrogens is 1550 g/mol. The van der Waals surface area contributed by atoms with E-state index in [1.807, 2.05) is 87.7 Å². The second kappa shape index (κ2) is 32.6. The van der Waals surface area contributed by atoms with Crippen LogP contribution >= 0.6 is 0 Å². The number of aromatic nitrogens is 6. The monoisotopic (exact) mass is 1710 g/mol. The lowest BCUT2D eigenvalue weighted by molar-refractivity contribution is -0.661. The molecule has 12 aliphatic rings. The van der Waals surface area contributed by atoms with Crippen molar-refractivity contribution in [3.8, 4) is 67.5 Å². The maximum absolute atomic E-state index is 9.30. The Kier molecular flexibility index (Phi) is 18.4. The molecular formula is C122H150N6+6. The van der Waals surface area contributed by atoms with Crippen molar-refractivity contribution >= 4 is 0 Å². The van der Waals surface area contributed by atoms with Crippen molar-refractivity contribution in [1.82, 2.24) is 0 Å². The summed E-state index contributed by atoms with van der Waals surface area (Å²) in [6.07, 6.45) is 25.1. The van der Waals surface area contributed by atoms with Crippen molar-refractivity contribution in [3.05, 3.63) is 316 Å². The van der Waals surface area contributed by atoms with Crippen molar-refractivity contribution in [2.24, 2.45) is 59.0 Å². The van der Waals surface area contributed by atoms with E-state index in [-0.39, 0.29) is 27.6 Å². The summed E-state index contributed by atoms with van der Waals surface area (Å²) in [5.74, 6) is -0.199. The molecule has 24 rings (SSSR count). The predicted octanol–water partition coefficient (Wildman–Crippen LogP) is 26.9. The maximum Gasteiger partial charge on any atom is 0.212 e. The standard InChI is InChI=1S/2C22H28N.C21H28N.3C19H22N/c2*1-14-7-8-16(15(2)11-14)20-12-17-18-9-10-22(5,21(18,3)4)19(17)13-23(20)6;1-14-8-9-16(15(2)10-14)19-11-17-18(12-22(19)7)21(5,6)13-20(17,3)4;2*1-12-4-7-16(13(2)8-12)19-10-17-14-5-6-15(9-14)18(17)11-20(19)3;1-12-4-5-17(13(2)6-12)19-10-18-15-7-14(8-15)9-16(18)11-20(19)3/h2*7-8,11-13,18H,9-10H2,1-6H3;8-12H,13H2,1-7H3;2*4,7-8,10-11,14-15H,5-6,9H2,1-3H3;4-6,10-11,14-15H,7-9H2,1-3H3/q6*+1/i1D3,18D;;;1D3,14D,15D;;1D3,9D2,15D. The Hall–Kier alpha value is -9.78. The van der Waals surface area contributed by atoms with Crippen molar-refractivity contribution in [2.75, 3.05) is 0 Å². The SMILES string of the molecule is Cc1ccc(-c2cc3c(c[n+]2C)C(C)(C)CC3(C)C)c(C)c1.Cc1ccc(-c2cc3c(c[n+]2C)C2(C)CCC3C2(C)C)c(C)c1.Cc1ccc(-c2cc3c(c[n+]2C)C2CCC3C2)c(C)c1.[2H]C([2H])([2H])c1ccc(-c2cc3c(c[n+]2C)C([2H])([2H])C2CC3([2H])C2)c(C)c1.[2H]C([2H])([2H])c1ccc(-c2cc3c(c[n+]2C)C2(C)CCC3([2H])C2(C)C)c(C)c1.[2H]C([2H])([2H])c1ccc(-c2cc3c(c[n+]2C)C2([2H])CCC3([2H])C2)c(C)c1. The first kappa shape index (κ1) is 72.0. The van der Waals surface area contributed by atoms with E-state index in [0.29, 0.717) is 58.3 Å². The highest BCUT2D eigenvalue weighted by molar-refractivity contribution is 5.70. The molecule has 12 aromatic rings. The van der Waals surface area contributed by atoms with Crippen LogP contribution in [-0.2, 0) is 70.3 Å². The van der Waals surface area contributed by atoms with E-state index in [1.54, 1.807) is 58.7 Å². The van der Waals surface area contributed by atoms with Gasteiger partial charge in [-0.1, -0.05) is 175 Å². The van der Waals surface area contributed by atoms with Crippen LogP contribution in [0.3, 0.4) is 0 Å². The quantitative estimate of drug-likeness (QED) is 0.148. The molecule has 5 fully saturated rings. The van der Waals surface area contributed by atoms with Crippen molar-refractivity contribution < 1.29 is 48.0 Å². The molecule has 8 atom stereocenters. The Morgan fingerprint density at radius 2 is 0.664 bits per heavy atom. The zero-order valence-corrected chi connectivity index (χ0v) is 81.5. The Morgan fingerprint density at radius 3 is 1.14 bits per heavy atom. The van der Waals surface area contributed by atoms with Gasteiger partial charge in [0.2, 0.25) is 34.2 Å². The van der Waals surface area contributed by atoms with Crippen LogP contribution in [0.1, 0.15) is 348 Å². The van der Waals surface area contributed by atoms with E-state index in [1.165, 1.54) is 122 Å². The van der Waals surface area contributed by atoms with Crippen LogP contribution < -0.4 is 27.4 Å². The van der Waals surface area contributed by atoms with E-state index in [2.05, 4.69) is 260 Å². The van der Waals surface area contributed by atoms with Gasteiger partial charge < -0.3 is 0 Å². The van der Waals surface area contributed by atoms with Crippen LogP contribution in [0, 0.1) is 99.6 Å². The number of aryl methyl sites for hydroxylation is 18. The molecule has 6 aromatic heterocycles. The minimum atomic E-state index is -2.14. The van der Waals surface area contributed by atoms with Crippen LogP contribution in [0.25, 0.3) is 67.5 Å². The van der Waals surface area contributed by atoms with Crippen LogP contribution in [0.5, 0.6) is 0 Å². The summed E-state index contributed by atoms with van der Waals surface area (Å²) in [5, 5.41) is 0. The van der Waals surface area contributed by atoms with Gasteiger partial charge in [-0.25, -0.2) is 27.4 Å². The lowest BCUT2D eigenvalue weighted by Gasteiger charge is -2.41. The fourth-order valence-corrected chi connectivity index (χ4v) is 25.8. The van der Waals surface area contributed by atoms with Crippen molar-refractivity contribution in [1.29, 1.82) is 0 Å². The summed E-state index contributed by atoms with van der Waals surface area (Å²) in [7, 11) is 12.5. The zero-order valence-electron chi connectivity index (χ0n) is 96.5. The van der Waals surface area contributed by atoms with Gasteiger partial charge >= 0.3 is 0 Å². The second-order valence-electron chi connectivity index (χ2n) is 43.7. The molecule has 6 heterocycles. The smallest absolute Gasteiger partial charge is 0.201 e. The maximum atomic E-state index is 9.30. The number of hydrogen-bond acceptors (Lipinski definition) is 0. The largest absolute Gasteiger partial charge is 0.212 e. The molecule has 128 heavy (non-hydrogen) atoms. The number of benzene rings is 6. The minimum Gasteiger partial charge on any atom is -0.201 e. The van der Waals surface area contributed by atoms with Gasteiger partial charge in [-0.15, -0.1) is 0 Å². The topological polar surface area (TPSA) is 23.3 Å². The van der Waals surface area contributed by atoms with E-state index in [0.717, 1.165) is 110 Å². The summed E-state index contributed by atoms with van der Waals surface area (Å²) in [4.78, 5) is 0. The average Bonchev–Trinajstić information content (AvgIpc) is 1.55. The van der Waals surface area contributed by atoms with Crippen molar-refractivity contribution in [2.45, 2.75) is 305 Å². The summed E-state index contributed by atoms with van der Waals surface area (Å²) in [5.41, 5.74) is 42.2. The highest BCUT2D eigenvalue weighted by Crippen LogP contribution is 2.69. The predicted molar refractivity (Wildman–Crippen MR) is 530 cm³/mol. The minimum absolute atomic E-state index is 0.0283. The molecule has 10 bridgehead atoms. The third-order valence-electron chi connectivity index (χ3n) is 33.6. The van der Waals surface area contributed by atoms with E-state index < -0.39 is 50.5 Å². The van der Waals surface area contributed by atoms with Crippen LogP contribution in [0.4, 0.5) is 0 Å². The molecule has 0 aliphatic heterocycles. The highest BCUT2D eigenvalue weighted by atomic mass is 15.0. The first-order valence-corrected chi connectivity index (χ1v) is 47.6. The van der Waals surface area contributed by atoms with Crippen LogP contribution in [-0.4, -0.2) is 0 Å². The Morgan fingerprint density at radius 1 is 0.305 bits per heavy atom. The molecule has 0 saturated heterocycles. The number of fused-ring (bicyclic) bond motifs is 21. The second-order valence-corrected chi connectivity index (χ2v) is 43.7. The molecule has 8 unspecified atom stereocenters. The molecule has 5 saturated carbocycles. The van der Waals surface area contributed by atoms with Gasteiger partial charge in [-0.3, -0.25) is 0 Å². The van der Waals surface area contributed by atoms with Gasteiger partial charge in [0.25, 0.3) is 0 Å². The zero-order chi connectivity index (χ0) is 104. The molecule has 0 radical (unpaired) electrons. The number of hydrogen-bond donors (Lipinski definition) is 0. The Bertz CT molecular complexity index is 7220. The van der Waals surface area contributed by atoms with Gasteiger partial charge in [0.05, 0.1) is 0 Å².